The molecule has 0 saturated heterocycles. The van der Waals surface area contributed by atoms with Gasteiger partial charge in [0.1, 0.15) is 5.75 Å². The first kappa shape index (κ1) is 23.2. The first-order chi connectivity index (χ1) is 15.5. The summed E-state index contributed by atoms with van der Waals surface area (Å²) in [4.78, 5) is 11.0. The summed E-state index contributed by atoms with van der Waals surface area (Å²) in [5.41, 5.74) is 4.50. The zero-order valence-corrected chi connectivity index (χ0v) is 18.9. The van der Waals surface area contributed by atoms with Crippen molar-refractivity contribution >= 4 is 16.7 Å². The zero-order chi connectivity index (χ0) is 22.8. The van der Waals surface area contributed by atoms with Crippen LogP contribution in [0.25, 0.3) is 10.8 Å². The van der Waals surface area contributed by atoms with Gasteiger partial charge >= 0.3 is 5.97 Å². The van der Waals surface area contributed by atoms with Crippen molar-refractivity contribution in [2.45, 2.75) is 39.5 Å². The Bertz CT molecular complexity index is 1150. The van der Waals surface area contributed by atoms with Gasteiger partial charge in [0.05, 0.1) is 13.2 Å². The smallest absolute Gasteiger partial charge is 0.330 e. The largest absolute Gasteiger partial charge is 0.494 e. The molecule has 3 rings (SSSR count). The van der Waals surface area contributed by atoms with E-state index in [0.29, 0.717) is 13.2 Å². The van der Waals surface area contributed by atoms with E-state index < -0.39 is 0 Å². The number of esters is 1. The van der Waals surface area contributed by atoms with Gasteiger partial charge in [0.2, 0.25) is 0 Å². The average molecular weight is 427 g/mol. The lowest BCUT2D eigenvalue weighted by Gasteiger charge is -2.08. The Hall–Kier alpha value is -3.51. The molecule has 32 heavy (non-hydrogen) atoms. The predicted molar refractivity (Wildman–Crippen MR) is 131 cm³/mol. The van der Waals surface area contributed by atoms with E-state index in [4.69, 9.17) is 9.47 Å². The van der Waals surface area contributed by atoms with Gasteiger partial charge in [-0.2, -0.15) is 0 Å². The van der Waals surface area contributed by atoms with E-state index in [2.05, 4.69) is 80.8 Å². The molecule has 0 spiro atoms. The fraction of sp³-hybridized carbons (Fsp3) is 0.276. The zero-order valence-electron chi connectivity index (χ0n) is 18.9. The van der Waals surface area contributed by atoms with Crippen LogP contribution >= 0.6 is 0 Å². The van der Waals surface area contributed by atoms with Crippen LogP contribution in [0, 0.1) is 25.7 Å². The molecule has 0 amide bonds. The van der Waals surface area contributed by atoms with Crippen molar-refractivity contribution in [3.8, 4) is 17.6 Å². The normalized spacial score (nSPS) is 10.3. The van der Waals surface area contributed by atoms with Crippen LogP contribution in [0.5, 0.6) is 5.75 Å². The highest BCUT2D eigenvalue weighted by molar-refractivity contribution is 5.85. The number of fused-ring (bicyclic) bond motifs is 1. The van der Waals surface area contributed by atoms with Crippen molar-refractivity contribution in [1.29, 1.82) is 0 Å². The van der Waals surface area contributed by atoms with Crippen molar-refractivity contribution in [2.75, 3.05) is 13.2 Å². The van der Waals surface area contributed by atoms with Crippen LogP contribution in [-0.4, -0.2) is 19.2 Å². The third-order valence-electron chi connectivity index (χ3n) is 5.26. The summed E-state index contributed by atoms with van der Waals surface area (Å²) < 4.78 is 10.9. The number of carbonyl (C=O) groups excluding carboxylic acids is 1. The monoisotopic (exact) mass is 426 g/mol. The van der Waals surface area contributed by atoms with Gasteiger partial charge in [-0.3, -0.25) is 0 Å². The highest BCUT2D eigenvalue weighted by Crippen LogP contribution is 2.22. The third kappa shape index (κ3) is 7.03. The molecule has 0 aliphatic heterocycles. The minimum atomic E-state index is -0.356. The standard InChI is InChI=1S/C29H30O3/c1-4-29(30)32-18-8-6-5-7-17-31-28-16-15-26-20-24(12-14-27(26)21-28)11-13-25-19-22(2)9-10-23(25)3/h4,9-10,12,14-16,19-21H,1,5-8,17-18H2,2-3H3. The summed E-state index contributed by atoms with van der Waals surface area (Å²) in [6.07, 6.45) is 5.08. The van der Waals surface area contributed by atoms with Crippen LogP contribution in [-0.2, 0) is 9.53 Å². The number of hydrogen-bond donors (Lipinski definition) is 0. The topological polar surface area (TPSA) is 35.5 Å². The molecule has 0 heterocycles. The van der Waals surface area contributed by atoms with Crippen LogP contribution < -0.4 is 4.74 Å². The minimum absolute atomic E-state index is 0.356. The molecule has 164 valence electrons. The summed E-state index contributed by atoms with van der Waals surface area (Å²) in [5, 5.41) is 2.29. The number of hydrogen-bond acceptors (Lipinski definition) is 3. The number of ether oxygens (including phenoxy) is 2. The summed E-state index contributed by atoms with van der Waals surface area (Å²) in [6.45, 7) is 8.69. The lowest BCUT2D eigenvalue weighted by Crippen LogP contribution is -2.02. The van der Waals surface area contributed by atoms with Crippen molar-refractivity contribution in [3.63, 3.8) is 0 Å². The molecular formula is C29H30O3. The van der Waals surface area contributed by atoms with Gasteiger partial charge in [-0.25, -0.2) is 4.79 Å². The van der Waals surface area contributed by atoms with E-state index >= 15 is 0 Å². The molecule has 0 aliphatic carbocycles. The molecule has 0 fully saturated rings. The second-order valence-corrected chi connectivity index (χ2v) is 7.93. The minimum Gasteiger partial charge on any atom is -0.494 e. The van der Waals surface area contributed by atoms with Gasteiger partial charge in [0.25, 0.3) is 0 Å². The number of aryl methyl sites for hydroxylation is 2. The third-order valence-corrected chi connectivity index (χ3v) is 5.26. The van der Waals surface area contributed by atoms with E-state index in [1.165, 1.54) is 17.2 Å². The Balaban J connectivity index is 1.50. The molecule has 0 radical (unpaired) electrons. The van der Waals surface area contributed by atoms with E-state index in [1.54, 1.807) is 0 Å². The summed E-state index contributed by atoms with van der Waals surface area (Å²) in [7, 11) is 0. The first-order valence-corrected chi connectivity index (χ1v) is 11.1. The molecule has 3 aromatic rings. The number of carbonyl (C=O) groups is 1. The molecular weight excluding hydrogens is 396 g/mol. The lowest BCUT2D eigenvalue weighted by molar-refractivity contribution is -0.137. The average Bonchev–Trinajstić information content (AvgIpc) is 2.81. The SMILES string of the molecule is C=CC(=O)OCCCCCCOc1ccc2cc(C#Cc3cc(C)ccc3C)ccc2c1. The molecule has 0 unspecified atom stereocenters. The lowest BCUT2D eigenvalue weighted by atomic mass is 10.0. The van der Waals surface area contributed by atoms with Crippen molar-refractivity contribution in [2.24, 2.45) is 0 Å². The maximum Gasteiger partial charge on any atom is 0.330 e. The Morgan fingerprint density at radius 1 is 0.875 bits per heavy atom. The van der Waals surface area contributed by atoms with Gasteiger partial charge in [-0.15, -0.1) is 0 Å². The van der Waals surface area contributed by atoms with E-state index in [1.807, 2.05) is 6.07 Å². The Morgan fingerprint density at radius 3 is 2.44 bits per heavy atom. The van der Waals surface area contributed by atoms with Crippen LogP contribution in [0.15, 0.2) is 67.3 Å². The summed E-state index contributed by atoms with van der Waals surface area (Å²) in [5.74, 6) is 7.12. The quantitative estimate of drug-likeness (QED) is 0.169. The van der Waals surface area contributed by atoms with Crippen LogP contribution in [0.1, 0.15) is 47.9 Å². The second kappa shape index (κ2) is 11.8. The van der Waals surface area contributed by atoms with Crippen molar-refractivity contribution in [1.82, 2.24) is 0 Å². The second-order valence-electron chi connectivity index (χ2n) is 7.93. The highest BCUT2D eigenvalue weighted by atomic mass is 16.5. The van der Waals surface area contributed by atoms with E-state index in [-0.39, 0.29) is 5.97 Å². The van der Waals surface area contributed by atoms with Gasteiger partial charge < -0.3 is 9.47 Å². The fourth-order valence-electron chi connectivity index (χ4n) is 3.38. The van der Waals surface area contributed by atoms with Gasteiger partial charge in [-0.1, -0.05) is 42.7 Å². The van der Waals surface area contributed by atoms with Crippen LogP contribution in [0.2, 0.25) is 0 Å². The van der Waals surface area contributed by atoms with E-state index in [9.17, 15) is 4.79 Å². The molecule has 0 N–H and O–H groups in total. The van der Waals surface area contributed by atoms with Gasteiger partial charge in [-0.05, 0) is 91.8 Å². The number of rotatable bonds is 9. The maximum atomic E-state index is 11.0. The Labute approximate surface area is 191 Å². The summed E-state index contributed by atoms with van der Waals surface area (Å²) >= 11 is 0. The molecule has 3 aromatic carbocycles. The maximum absolute atomic E-state index is 11.0. The first-order valence-electron chi connectivity index (χ1n) is 11.1. The molecule has 3 heteroatoms. The van der Waals surface area contributed by atoms with Gasteiger partial charge in [0, 0.05) is 17.2 Å². The van der Waals surface area contributed by atoms with Crippen LogP contribution in [0.3, 0.4) is 0 Å². The molecule has 0 aliphatic rings. The number of benzene rings is 3. The molecule has 3 nitrogen and oxygen atoms in total. The van der Waals surface area contributed by atoms with Crippen molar-refractivity contribution in [3.05, 3.63) is 89.5 Å². The Morgan fingerprint density at radius 2 is 1.62 bits per heavy atom. The molecule has 0 saturated carbocycles. The van der Waals surface area contributed by atoms with E-state index in [0.717, 1.165) is 53.3 Å². The Kier molecular flexibility index (Phi) is 8.52. The highest BCUT2D eigenvalue weighted by Gasteiger charge is 2.01. The molecule has 0 bridgehead atoms. The van der Waals surface area contributed by atoms with Crippen LogP contribution in [0.4, 0.5) is 0 Å². The van der Waals surface area contributed by atoms with Gasteiger partial charge in [0.15, 0.2) is 0 Å². The molecule has 0 aromatic heterocycles. The summed E-state index contributed by atoms with van der Waals surface area (Å²) in [6, 6.07) is 18.8. The number of unbranched alkanes of at least 4 members (excludes halogenated alkanes) is 3. The molecule has 0 atom stereocenters. The fourth-order valence-corrected chi connectivity index (χ4v) is 3.38. The van der Waals surface area contributed by atoms with Crippen molar-refractivity contribution < 1.29 is 14.3 Å². The predicted octanol–water partition coefficient (Wildman–Crippen LogP) is 6.52.